The van der Waals surface area contributed by atoms with Gasteiger partial charge in [0.15, 0.2) is 0 Å². The van der Waals surface area contributed by atoms with E-state index < -0.39 is 0 Å². The molecule has 1 aromatic carbocycles. The fourth-order valence-electron chi connectivity index (χ4n) is 2.29. The quantitative estimate of drug-likeness (QED) is 0.680. The van der Waals surface area contributed by atoms with Crippen molar-refractivity contribution in [1.29, 1.82) is 0 Å². The summed E-state index contributed by atoms with van der Waals surface area (Å²) in [6.07, 6.45) is 6.28. The van der Waals surface area contributed by atoms with E-state index in [1.807, 2.05) is 42.0 Å². The molecule has 0 radical (unpaired) electrons. The van der Waals surface area contributed by atoms with Crippen LogP contribution in [0, 0.1) is 6.92 Å². The second kappa shape index (κ2) is 7.59. The molecular formula is C17H17ClN4OS. The fourth-order valence-corrected chi connectivity index (χ4v) is 3.40. The lowest BCUT2D eigenvalue weighted by atomic mass is 10.2. The molecule has 2 heterocycles. The molecule has 0 unspecified atom stereocenters. The maximum atomic E-state index is 12.3. The third-order valence-corrected chi connectivity index (χ3v) is 4.99. The third-order valence-electron chi connectivity index (χ3n) is 3.53. The molecule has 124 valence electrons. The Morgan fingerprint density at radius 3 is 2.83 bits per heavy atom. The van der Waals surface area contributed by atoms with Crippen LogP contribution in [0.3, 0.4) is 0 Å². The molecular weight excluding hydrogens is 344 g/mol. The summed E-state index contributed by atoms with van der Waals surface area (Å²) in [5, 5.41) is 4.46. The van der Waals surface area contributed by atoms with Crippen LogP contribution in [0.25, 0.3) is 10.6 Å². The zero-order valence-electron chi connectivity index (χ0n) is 13.2. The molecule has 1 N–H and O–H groups in total. The minimum atomic E-state index is -0.0733. The molecule has 0 fully saturated rings. The molecule has 0 bridgehead atoms. The highest BCUT2D eigenvalue weighted by Crippen LogP contribution is 2.28. The van der Waals surface area contributed by atoms with Crippen molar-refractivity contribution in [3.05, 3.63) is 58.6 Å². The number of carbonyl (C=O) groups is 1. The van der Waals surface area contributed by atoms with Crippen molar-refractivity contribution in [3.63, 3.8) is 0 Å². The summed E-state index contributed by atoms with van der Waals surface area (Å²) in [5.74, 6) is -0.0733. The van der Waals surface area contributed by atoms with Gasteiger partial charge in [0.1, 0.15) is 9.88 Å². The Hall–Kier alpha value is -2.18. The van der Waals surface area contributed by atoms with Crippen molar-refractivity contribution in [2.24, 2.45) is 0 Å². The van der Waals surface area contributed by atoms with E-state index in [0.29, 0.717) is 16.4 Å². The van der Waals surface area contributed by atoms with Crippen LogP contribution >= 0.6 is 22.9 Å². The number of imidazole rings is 1. The van der Waals surface area contributed by atoms with Gasteiger partial charge in [-0.3, -0.25) is 4.79 Å². The molecule has 0 aliphatic rings. The molecule has 0 saturated heterocycles. The number of thiazole rings is 1. The van der Waals surface area contributed by atoms with Crippen molar-refractivity contribution in [2.45, 2.75) is 19.9 Å². The van der Waals surface area contributed by atoms with Gasteiger partial charge in [-0.2, -0.15) is 0 Å². The van der Waals surface area contributed by atoms with E-state index in [0.717, 1.165) is 29.2 Å². The van der Waals surface area contributed by atoms with Crippen molar-refractivity contribution >= 4 is 28.8 Å². The van der Waals surface area contributed by atoms with Crippen molar-refractivity contribution < 1.29 is 4.79 Å². The number of nitrogens with zero attached hydrogens (tertiary/aromatic N) is 3. The zero-order valence-corrected chi connectivity index (χ0v) is 14.8. The number of aryl methyl sites for hydroxylation is 2. The van der Waals surface area contributed by atoms with Gasteiger partial charge in [0, 0.05) is 36.1 Å². The van der Waals surface area contributed by atoms with E-state index in [1.54, 1.807) is 12.5 Å². The number of carbonyl (C=O) groups excluding carboxylic acids is 1. The van der Waals surface area contributed by atoms with Crippen LogP contribution in [0.5, 0.6) is 0 Å². The highest BCUT2D eigenvalue weighted by atomic mass is 35.5. The summed E-state index contributed by atoms with van der Waals surface area (Å²) in [6.45, 7) is 3.30. The van der Waals surface area contributed by atoms with Crippen LogP contribution in [0.15, 0.2) is 43.0 Å². The third kappa shape index (κ3) is 4.01. The van der Waals surface area contributed by atoms with Crippen LogP contribution in [-0.4, -0.2) is 27.0 Å². The Labute approximate surface area is 149 Å². The van der Waals surface area contributed by atoms with E-state index in [9.17, 15) is 4.79 Å². The standard InChI is InChI=1S/C17H17ClN4OS/c1-12-15(16(23)20-7-2-9-22-10-8-19-11-22)24-17(21-12)13-3-5-14(18)6-4-13/h3-6,8,10-11H,2,7,9H2,1H3,(H,20,23). The molecule has 3 aromatic rings. The monoisotopic (exact) mass is 360 g/mol. The molecule has 0 atom stereocenters. The molecule has 0 saturated carbocycles. The lowest BCUT2D eigenvalue weighted by Gasteiger charge is -2.04. The first-order chi connectivity index (χ1) is 11.6. The maximum Gasteiger partial charge on any atom is 0.263 e. The highest BCUT2D eigenvalue weighted by Gasteiger charge is 2.15. The Morgan fingerprint density at radius 1 is 1.33 bits per heavy atom. The van der Waals surface area contributed by atoms with E-state index in [-0.39, 0.29) is 5.91 Å². The lowest BCUT2D eigenvalue weighted by Crippen LogP contribution is -2.25. The Bertz CT molecular complexity index is 812. The van der Waals surface area contributed by atoms with Gasteiger partial charge >= 0.3 is 0 Å². The van der Waals surface area contributed by atoms with Gasteiger partial charge in [-0.25, -0.2) is 9.97 Å². The van der Waals surface area contributed by atoms with Gasteiger partial charge in [-0.05, 0) is 25.5 Å². The summed E-state index contributed by atoms with van der Waals surface area (Å²) < 4.78 is 1.99. The first-order valence-corrected chi connectivity index (χ1v) is 8.80. The summed E-state index contributed by atoms with van der Waals surface area (Å²) in [5.41, 5.74) is 1.71. The van der Waals surface area contributed by atoms with E-state index in [4.69, 9.17) is 11.6 Å². The Morgan fingerprint density at radius 2 is 2.12 bits per heavy atom. The van der Waals surface area contributed by atoms with Gasteiger partial charge in [0.2, 0.25) is 0 Å². The van der Waals surface area contributed by atoms with Crippen molar-refractivity contribution in [1.82, 2.24) is 19.9 Å². The van der Waals surface area contributed by atoms with Crippen LogP contribution in [-0.2, 0) is 6.54 Å². The summed E-state index contributed by atoms with van der Waals surface area (Å²) in [6, 6.07) is 7.47. The first kappa shape index (κ1) is 16.7. The van der Waals surface area contributed by atoms with Crippen molar-refractivity contribution in [2.75, 3.05) is 6.54 Å². The van der Waals surface area contributed by atoms with E-state index in [1.165, 1.54) is 11.3 Å². The normalized spacial score (nSPS) is 10.8. The van der Waals surface area contributed by atoms with E-state index >= 15 is 0 Å². The first-order valence-electron chi connectivity index (χ1n) is 7.61. The number of rotatable bonds is 6. The SMILES string of the molecule is Cc1nc(-c2ccc(Cl)cc2)sc1C(=O)NCCCn1ccnc1. The second-order valence-corrected chi connectivity index (χ2v) is 6.79. The van der Waals surface area contributed by atoms with Crippen LogP contribution in [0.1, 0.15) is 21.8 Å². The largest absolute Gasteiger partial charge is 0.351 e. The zero-order chi connectivity index (χ0) is 16.9. The fraction of sp³-hybridized carbons (Fsp3) is 0.235. The Kier molecular flexibility index (Phi) is 5.27. The maximum absolute atomic E-state index is 12.3. The van der Waals surface area contributed by atoms with Gasteiger partial charge in [0.05, 0.1) is 12.0 Å². The minimum absolute atomic E-state index is 0.0733. The van der Waals surface area contributed by atoms with Gasteiger partial charge in [-0.15, -0.1) is 11.3 Å². The Balaban J connectivity index is 1.59. The number of hydrogen-bond donors (Lipinski definition) is 1. The molecule has 2 aromatic heterocycles. The average Bonchev–Trinajstić information content (AvgIpc) is 3.22. The van der Waals surface area contributed by atoms with E-state index in [2.05, 4.69) is 15.3 Å². The summed E-state index contributed by atoms with van der Waals surface area (Å²) in [7, 11) is 0. The number of benzene rings is 1. The molecule has 0 aliphatic heterocycles. The number of hydrogen-bond acceptors (Lipinski definition) is 4. The number of aromatic nitrogens is 3. The lowest BCUT2D eigenvalue weighted by molar-refractivity contribution is 0.0956. The molecule has 3 rings (SSSR count). The van der Waals surface area contributed by atoms with Gasteiger partial charge < -0.3 is 9.88 Å². The molecule has 24 heavy (non-hydrogen) atoms. The van der Waals surface area contributed by atoms with Crippen molar-refractivity contribution in [3.8, 4) is 10.6 Å². The number of halogens is 1. The van der Waals surface area contributed by atoms with Crippen LogP contribution in [0.4, 0.5) is 0 Å². The van der Waals surface area contributed by atoms with Gasteiger partial charge in [-0.1, -0.05) is 23.7 Å². The molecule has 0 spiro atoms. The molecule has 0 aliphatic carbocycles. The highest BCUT2D eigenvalue weighted by molar-refractivity contribution is 7.17. The van der Waals surface area contributed by atoms with Crippen LogP contribution < -0.4 is 5.32 Å². The number of amides is 1. The second-order valence-electron chi connectivity index (χ2n) is 5.35. The van der Waals surface area contributed by atoms with Gasteiger partial charge in [0.25, 0.3) is 5.91 Å². The summed E-state index contributed by atoms with van der Waals surface area (Å²) in [4.78, 5) is 21.5. The van der Waals surface area contributed by atoms with Crippen LogP contribution in [0.2, 0.25) is 5.02 Å². The molecule has 5 nitrogen and oxygen atoms in total. The predicted octanol–water partition coefficient (Wildman–Crippen LogP) is 3.79. The average molecular weight is 361 g/mol. The number of nitrogens with one attached hydrogen (secondary N) is 1. The smallest absolute Gasteiger partial charge is 0.263 e. The minimum Gasteiger partial charge on any atom is -0.351 e. The molecule has 7 heteroatoms. The predicted molar refractivity (Wildman–Crippen MR) is 96.5 cm³/mol. The molecule has 1 amide bonds. The summed E-state index contributed by atoms with van der Waals surface area (Å²) >= 11 is 7.31. The topological polar surface area (TPSA) is 59.8 Å².